The van der Waals surface area contributed by atoms with Crippen LogP contribution in [0.15, 0.2) is 48.5 Å². The topological polar surface area (TPSA) is 65.1 Å². The first-order valence-corrected chi connectivity index (χ1v) is 9.99. The molecule has 0 unspecified atom stereocenters. The number of ether oxygens (including phenoxy) is 3. The molecule has 1 aliphatic heterocycles. The third-order valence-electron chi connectivity index (χ3n) is 4.92. The highest BCUT2D eigenvalue weighted by atomic mass is 16.5. The Morgan fingerprint density at radius 3 is 2.38 bits per heavy atom. The third-order valence-corrected chi connectivity index (χ3v) is 4.92. The normalized spacial score (nSPS) is 14.8. The lowest BCUT2D eigenvalue weighted by Crippen LogP contribution is -2.40. The molecule has 3 rings (SSSR count). The molecular weight excluding hydrogens is 370 g/mol. The molecule has 154 valence electrons. The molecule has 6 nitrogen and oxygen atoms in total. The van der Waals surface area contributed by atoms with E-state index in [0.29, 0.717) is 42.3 Å². The second kappa shape index (κ2) is 9.96. The summed E-state index contributed by atoms with van der Waals surface area (Å²) in [6, 6.07) is 14.0. The van der Waals surface area contributed by atoms with Gasteiger partial charge in [0.15, 0.2) is 11.5 Å². The van der Waals surface area contributed by atoms with E-state index in [4.69, 9.17) is 14.2 Å². The van der Waals surface area contributed by atoms with Crippen molar-refractivity contribution in [3.63, 3.8) is 0 Å². The number of hydrogen-bond donors (Lipinski definition) is 0. The largest absolute Gasteiger partial charge is 0.493 e. The zero-order valence-electron chi connectivity index (χ0n) is 16.9. The van der Waals surface area contributed by atoms with Crippen molar-refractivity contribution in [2.24, 2.45) is 0 Å². The molecule has 0 radical (unpaired) electrons. The monoisotopic (exact) mass is 397 g/mol. The van der Waals surface area contributed by atoms with E-state index in [-0.39, 0.29) is 5.91 Å². The van der Waals surface area contributed by atoms with Crippen LogP contribution >= 0.6 is 0 Å². The number of benzene rings is 2. The number of methoxy groups -OCH3 is 1. The number of nitrogens with zero attached hydrogens (tertiary/aromatic N) is 1. The van der Waals surface area contributed by atoms with E-state index in [1.807, 2.05) is 25.1 Å². The molecule has 6 heteroatoms. The van der Waals surface area contributed by atoms with E-state index >= 15 is 0 Å². The van der Waals surface area contributed by atoms with Crippen molar-refractivity contribution in [3.8, 4) is 11.5 Å². The van der Waals surface area contributed by atoms with Crippen molar-refractivity contribution in [2.75, 3.05) is 26.8 Å². The molecular formula is C23H27NO5. The number of esters is 1. The maximum Gasteiger partial charge on any atom is 0.339 e. The summed E-state index contributed by atoms with van der Waals surface area (Å²) in [4.78, 5) is 27.8. The van der Waals surface area contributed by atoms with Crippen LogP contribution in [0.25, 0.3) is 0 Å². The predicted molar refractivity (Wildman–Crippen MR) is 109 cm³/mol. The first kappa shape index (κ1) is 20.7. The smallest absolute Gasteiger partial charge is 0.339 e. The fourth-order valence-corrected chi connectivity index (χ4v) is 3.41. The summed E-state index contributed by atoms with van der Waals surface area (Å²) in [6.07, 6.45) is 2.08. The van der Waals surface area contributed by atoms with Crippen molar-refractivity contribution in [1.29, 1.82) is 0 Å². The first-order chi connectivity index (χ1) is 14.1. The van der Waals surface area contributed by atoms with Gasteiger partial charge in [0, 0.05) is 18.7 Å². The van der Waals surface area contributed by atoms with Crippen molar-refractivity contribution in [3.05, 3.63) is 59.7 Å². The van der Waals surface area contributed by atoms with Crippen molar-refractivity contribution < 1.29 is 23.8 Å². The van der Waals surface area contributed by atoms with Crippen LogP contribution in [-0.4, -0.2) is 43.6 Å². The van der Waals surface area contributed by atoms with Gasteiger partial charge in [0.25, 0.3) is 5.91 Å². The number of carbonyl (C=O) groups is 2. The minimum absolute atomic E-state index is 0.179. The SMILES string of the molecule is CCOc1ccc(C(=O)O[C@H](C(=O)N2CCCCC2)c2ccccc2)cc1OC. The number of likely N-dealkylation sites (tertiary alicyclic amines) is 1. The molecule has 0 saturated carbocycles. The number of hydrogen-bond acceptors (Lipinski definition) is 5. The molecule has 1 amide bonds. The zero-order chi connectivity index (χ0) is 20.6. The Balaban J connectivity index is 1.83. The zero-order valence-corrected chi connectivity index (χ0v) is 16.9. The molecule has 0 N–H and O–H groups in total. The number of rotatable bonds is 7. The molecule has 1 saturated heterocycles. The molecule has 0 spiro atoms. The minimum Gasteiger partial charge on any atom is -0.493 e. The van der Waals surface area contributed by atoms with Crippen LogP contribution in [0.3, 0.4) is 0 Å². The minimum atomic E-state index is -0.973. The van der Waals surface area contributed by atoms with Gasteiger partial charge >= 0.3 is 5.97 Å². The highest BCUT2D eigenvalue weighted by Gasteiger charge is 2.30. The molecule has 0 bridgehead atoms. The van der Waals surface area contributed by atoms with E-state index in [2.05, 4.69) is 0 Å². The van der Waals surface area contributed by atoms with Crippen LogP contribution in [0.4, 0.5) is 0 Å². The van der Waals surface area contributed by atoms with Gasteiger partial charge in [-0.25, -0.2) is 4.79 Å². The average Bonchev–Trinajstić information content (AvgIpc) is 2.78. The van der Waals surface area contributed by atoms with Crippen molar-refractivity contribution >= 4 is 11.9 Å². The van der Waals surface area contributed by atoms with E-state index < -0.39 is 12.1 Å². The molecule has 2 aromatic rings. The van der Waals surface area contributed by atoms with Gasteiger partial charge in [-0.3, -0.25) is 4.79 Å². The summed E-state index contributed by atoms with van der Waals surface area (Å²) >= 11 is 0. The second-order valence-corrected chi connectivity index (χ2v) is 6.88. The molecule has 29 heavy (non-hydrogen) atoms. The van der Waals surface area contributed by atoms with Gasteiger partial charge in [-0.2, -0.15) is 0 Å². The Morgan fingerprint density at radius 2 is 1.72 bits per heavy atom. The number of piperidine rings is 1. The van der Waals surface area contributed by atoms with E-state index in [0.717, 1.165) is 19.3 Å². The van der Waals surface area contributed by atoms with E-state index in [1.165, 1.54) is 7.11 Å². The van der Waals surface area contributed by atoms with Crippen LogP contribution < -0.4 is 9.47 Å². The second-order valence-electron chi connectivity index (χ2n) is 6.88. The summed E-state index contributed by atoms with van der Waals surface area (Å²) in [7, 11) is 1.51. The Morgan fingerprint density at radius 1 is 1.00 bits per heavy atom. The summed E-state index contributed by atoms with van der Waals surface area (Å²) in [5, 5.41) is 0. The maximum atomic E-state index is 13.1. The quantitative estimate of drug-likeness (QED) is 0.661. The van der Waals surface area contributed by atoms with Gasteiger partial charge in [0.2, 0.25) is 6.10 Å². The molecule has 1 fully saturated rings. The lowest BCUT2D eigenvalue weighted by atomic mass is 10.1. The fourth-order valence-electron chi connectivity index (χ4n) is 3.41. The Kier molecular flexibility index (Phi) is 7.11. The van der Waals surface area contributed by atoms with Gasteiger partial charge in [0.1, 0.15) is 0 Å². The number of amides is 1. The Bertz CT molecular complexity index is 830. The molecule has 2 aromatic carbocycles. The summed E-state index contributed by atoms with van der Waals surface area (Å²) in [6.45, 7) is 3.74. The van der Waals surface area contributed by atoms with Gasteiger partial charge in [0.05, 0.1) is 19.3 Å². The standard InChI is InChI=1S/C23H27NO5/c1-3-28-19-13-12-18(16-20(19)27-2)23(26)29-21(17-10-6-4-7-11-17)22(25)24-14-8-5-9-15-24/h4,6-7,10-13,16,21H,3,5,8-9,14-15H2,1-2H3/t21-/m0/s1. The fraction of sp³-hybridized carbons (Fsp3) is 0.391. The van der Waals surface area contributed by atoms with Gasteiger partial charge in [-0.15, -0.1) is 0 Å². The molecule has 1 atom stereocenters. The van der Waals surface area contributed by atoms with Gasteiger partial charge < -0.3 is 19.1 Å². The number of carbonyl (C=O) groups excluding carboxylic acids is 2. The Labute approximate surface area is 171 Å². The highest BCUT2D eigenvalue weighted by molar-refractivity contribution is 5.93. The van der Waals surface area contributed by atoms with Gasteiger partial charge in [-0.05, 0) is 44.4 Å². The average molecular weight is 397 g/mol. The lowest BCUT2D eigenvalue weighted by Gasteiger charge is -2.30. The Hall–Kier alpha value is -3.02. The predicted octanol–water partition coefficient (Wildman–Crippen LogP) is 4.00. The lowest BCUT2D eigenvalue weighted by molar-refractivity contribution is -0.142. The summed E-state index contributed by atoms with van der Waals surface area (Å²) in [5.74, 6) is 0.239. The highest BCUT2D eigenvalue weighted by Crippen LogP contribution is 2.30. The van der Waals surface area contributed by atoms with Crippen molar-refractivity contribution in [1.82, 2.24) is 4.90 Å². The summed E-state index contributed by atoms with van der Waals surface area (Å²) in [5.41, 5.74) is 0.965. The third kappa shape index (κ3) is 5.08. The molecule has 1 aliphatic rings. The van der Waals surface area contributed by atoms with Crippen LogP contribution in [0, 0.1) is 0 Å². The molecule has 0 aliphatic carbocycles. The van der Waals surface area contributed by atoms with Crippen LogP contribution in [-0.2, 0) is 9.53 Å². The van der Waals surface area contributed by atoms with Crippen LogP contribution in [0.5, 0.6) is 11.5 Å². The summed E-state index contributed by atoms with van der Waals surface area (Å²) < 4.78 is 16.5. The van der Waals surface area contributed by atoms with Crippen LogP contribution in [0.1, 0.15) is 48.2 Å². The van der Waals surface area contributed by atoms with Crippen molar-refractivity contribution in [2.45, 2.75) is 32.3 Å². The first-order valence-electron chi connectivity index (χ1n) is 9.99. The van der Waals surface area contributed by atoms with Crippen LogP contribution in [0.2, 0.25) is 0 Å². The molecule has 0 aromatic heterocycles. The van der Waals surface area contributed by atoms with E-state index in [1.54, 1.807) is 35.2 Å². The van der Waals surface area contributed by atoms with Gasteiger partial charge in [-0.1, -0.05) is 30.3 Å². The molecule has 1 heterocycles. The maximum absolute atomic E-state index is 13.1. The van der Waals surface area contributed by atoms with E-state index in [9.17, 15) is 9.59 Å².